The number of Topliss-reactive ketones (excluding diaryl/α,β-unsaturated/α-hetero) is 1. The Labute approximate surface area is 141 Å². The Bertz CT molecular complexity index is 878. The minimum absolute atomic E-state index is 0. The maximum Gasteiger partial charge on any atom is 0.170 e. The molecule has 4 nitrogen and oxygen atoms in total. The van der Waals surface area contributed by atoms with E-state index in [0.29, 0.717) is 0 Å². The number of hydrogen-bond donors (Lipinski definition) is 0. The van der Waals surface area contributed by atoms with E-state index in [9.17, 15) is 4.79 Å². The van der Waals surface area contributed by atoms with Crippen molar-refractivity contribution in [1.29, 1.82) is 0 Å². The second-order valence-electron chi connectivity index (χ2n) is 6.12. The highest BCUT2D eigenvalue weighted by Crippen LogP contribution is 2.34. The lowest BCUT2D eigenvalue weighted by molar-refractivity contribution is -0.0000130. The van der Waals surface area contributed by atoms with Crippen molar-refractivity contribution in [2.24, 2.45) is 13.0 Å². The Morgan fingerprint density at radius 1 is 1.30 bits per heavy atom. The maximum atomic E-state index is 13.0. The second kappa shape index (κ2) is 5.85. The smallest absolute Gasteiger partial charge is 0.170 e. The van der Waals surface area contributed by atoms with Gasteiger partial charge in [0.2, 0.25) is 0 Å². The molecule has 0 saturated heterocycles. The molecule has 1 aromatic carbocycles. The Morgan fingerprint density at radius 3 is 2.83 bits per heavy atom. The predicted octanol–water partition coefficient (Wildman–Crippen LogP) is 0.133. The van der Waals surface area contributed by atoms with Crippen LogP contribution in [0, 0.1) is 12.8 Å². The van der Waals surface area contributed by atoms with E-state index in [1.807, 2.05) is 25.3 Å². The van der Waals surface area contributed by atoms with Crippen molar-refractivity contribution in [3.05, 3.63) is 53.7 Å². The highest BCUT2D eigenvalue weighted by atomic mass is 35.5. The number of ketones is 1. The number of aryl methyl sites for hydroxylation is 2. The zero-order valence-corrected chi connectivity index (χ0v) is 14.0. The van der Waals surface area contributed by atoms with Crippen LogP contribution in [0.5, 0.6) is 0 Å². The van der Waals surface area contributed by atoms with Crippen molar-refractivity contribution in [1.82, 2.24) is 14.1 Å². The largest absolute Gasteiger partial charge is 1.00 e. The van der Waals surface area contributed by atoms with Gasteiger partial charge in [-0.15, -0.1) is 0 Å². The number of aromatic nitrogens is 3. The molecule has 0 saturated carbocycles. The van der Waals surface area contributed by atoms with Gasteiger partial charge >= 0.3 is 0 Å². The van der Waals surface area contributed by atoms with E-state index in [1.165, 1.54) is 5.69 Å². The van der Waals surface area contributed by atoms with E-state index >= 15 is 0 Å². The standard InChI is InChI=1S/C18H19N3O.ClH/c1-12-19-9-10-21(12)11-13-7-8-16-17(18(13)22)14-5-3-4-6-15(14)20(16)2;/h3-6,9-10,13H,7-8,11H2,1-2H3;1H/p-1. The van der Waals surface area contributed by atoms with E-state index in [-0.39, 0.29) is 24.1 Å². The van der Waals surface area contributed by atoms with Crippen molar-refractivity contribution < 1.29 is 17.2 Å². The van der Waals surface area contributed by atoms with Crippen LogP contribution in [0.15, 0.2) is 36.7 Å². The molecular formula is C18H19ClN3O-. The van der Waals surface area contributed by atoms with Crippen molar-refractivity contribution in [2.45, 2.75) is 26.3 Å². The lowest BCUT2D eigenvalue weighted by Gasteiger charge is -2.23. The minimum atomic E-state index is 0. The van der Waals surface area contributed by atoms with Crippen LogP contribution in [0.4, 0.5) is 0 Å². The molecule has 1 atom stereocenters. The predicted molar refractivity (Wildman–Crippen MR) is 86.0 cm³/mol. The molecule has 0 amide bonds. The van der Waals surface area contributed by atoms with Crippen LogP contribution in [0.2, 0.25) is 0 Å². The van der Waals surface area contributed by atoms with Crippen molar-refractivity contribution in [3.63, 3.8) is 0 Å². The molecule has 0 aliphatic heterocycles. The number of benzene rings is 1. The quantitative estimate of drug-likeness (QED) is 0.671. The van der Waals surface area contributed by atoms with Crippen LogP contribution in [-0.2, 0) is 20.0 Å². The average Bonchev–Trinajstić information content (AvgIpc) is 3.05. The molecule has 0 radical (unpaired) electrons. The number of rotatable bonds is 2. The zero-order valence-electron chi connectivity index (χ0n) is 13.3. The molecule has 2 heterocycles. The van der Waals surface area contributed by atoms with E-state index < -0.39 is 0 Å². The van der Waals surface area contributed by atoms with Crippen LogP contribution < -0.4 is 12.4 Å². The molecule has 1 aliphatic carbocycles. The molecule has 0 fully saturated rings. The molecule has 4 rings (SSSR count). The van der Waals surface area contributed by atoms with Crippen LogP contribution >= 0.6 is 0 Å². The fourth-order valence-electron chi connectivity index (χ4n) is 3.67. The monoisotopic (exact) mass is 328 g/mol. The summed E-state index contributed by atoms with van der Waals surface area (Å²) >= 11 is 0. The van der Waals surface area contributed by atoms with Gasteiger partial charge < -0.3 is 21.5 Å². The van der Waals surface area contributed by atoms with Gasteiger partial charge in [-0.1, -0.05) is 18.2 Å². The zero-order chi connectivity index (χ0) is 15.3. The molecule has 1 unspecified atom stereocenters. The summed E-state index contributed by atoms with van der Waals surface area (Å²) in [5, 5.41) is 1.09. The molecule has 1 aliphatic rings. The first-order valence-corrected chi connectivity index (χ1v) is 7.75. The van der Waals surface area contributed by atoms with Crippen LogP contribution in [0.3, 0.4) is 0 Å². The van der Waals surface area contributed by atoms with Crippen molar-refractivity contribution in [3.8, 4) is 0 Å². The first-order chi connectivity index (χ1) is 10.7. The number of halogens is 1. The minimum Gasteiger partial charge on any atom is -1.00 e. The Kier molecular flexibility index (Phi) is 4.02. The Balaban J connectivity index is 0.00000156. The number of carbonyl (C=O) groups is 1. The summed E-state index contributed by atoms with van der Waals surface area (Å²) in [6, 6.07) is 8.21. The van der Waals surface area contributed by atoms with Gasteiger partial charge in [-0.05, 0) is 25.8 Å². The fourth-order valence-corrected chi connectivity index (χ4v) is 3.67. The van der Waals surface area contributed by atoms with Crippen LogP contribution in [0.1, 0.15) is 28.3 Å². The van der Waals surface area contributed by atoms with Crippen LogP contribution in [0.25, 0.3) is 10.9 Å². The first-order valence-electron chi connectivity index (χ1n) is 7.75. The summed E-state index contributed by atoms with van der Waals surface area (Å²) in [6.07, 6.45) is 5.63. The van der Waals surface area contributed by atoms with Gasteiger partial charge in [0.25, 0.3) is 0 Å². The molecule has 3 aromatic rings. The van der Waals surface area contributed by atoms with E-state index in [1.54, 1.807) is 6.20 Å². The van der Waals surface area contributed by atoms with Crippen LogP contribution in [-0.4, -0.2) is 19.9 Å². The lowest BCUT2D eigenvalue weighted by Crippen LogP contribution is -3.00. The molecule has 23 heavy (non-hydrogen) atoms. The third-order valence-electron chi connectivity index (χ3n) is 4.92. The van der Waals surface area contributed by atoms with Gasteiger partial charge in [0.05, 0.1) is 0 Å². The first kappa shape index (κ1) is 15.8. The van der Waals surface area contributed by atoms with E-state index in [0.717, 1.165) is 41.7 Å². The number of fused-ring (bicyclic) bond motifs is 3. The summed E-state index contributed by atoms with van der Waals surface area (Å²) < 4.78 is 4.26. The van der Waals surface area contributed by atoms with E-state index in [2.05, 4.69) is 33.3 Å². The number of nitrogens with zero attached hydrogens (tertiary/aromatic N) is 3. The Hall–Kier alpha value is -2.07. The average molecular weight is 329 g/mol. The molecule has 5 heteroatoms. The molecule has 2 aromatic heterocycles. The highest BCUT2D eigenvalue weighted by molar-refractivity contribution is 6.11. The summed E-state index contributed by atoms with van der Waals surface area (Å²) in [5.41, 5.74) is 3.28. The van der Waals surface area contributed by atoms with Crippen molar-refractivity contribution in [2.75, 3.05) is 0 Å². The molecule has 0 bridgehead atoms. The molecular weight excluding hydrogens is 310 g/mol. The molecule has 0 N–H and O–H groups in total. The topological polar surface area (TPSA) is 39.8 Å². The summed E-state index contributed by atoms with van der Waals surface area (Å²) in [6.45, 7) is 2.71. The Morgan fingerprint density at radius 2 is 2.09 bits per heavy atom. The molecule has 0 spiro atoms. The van der Waals surface area contributed by atoms with Gasteiger partial charge in [-0.3, -0.25) is 4.79 Å². The fraction of sp³-hybridized carbons (Fsp3) is 0.333. The number of imidazole rings is 1. The van der Waals surface area contributed by atoms with Gasteiger partial charge in [-0.2, -0.15) is 0 Å². The highest BCUT2D eigenvalue weighted by Gasteiger charge is 2.32. The number of carbonyl (C=O) groups excluding carboxylic acids is 1. The van der Waals surface area contributed by atoms with Gasteiger partial charge in [0.15, 0.2) is 5.78 Å². The second-order valence-corrected chi connectivity index (χ2v) is 6.12. The molecule has 120 valence electrons. The number of para-hydroxylation sites is 1. The van der Waals surface area contributed by atoms with Crippen molar-refractivity contribution >= 4 is 16.7 Å². The van der Waals surface area contributed by atoms with Gasteiger partial charge in [0, 0.05) is 54.1 Å². The van der Waals surface area contributed by atoms with Gasteiger partial charge in [-0.25, -0.2) is 4.98 Å². The third-order valence-corrected chi connectivity index (χ3v) is 4.92. The lowest BCUT2D eigenvalue weighted by atomic mass is 9.85. The van der Waals surface area contributed by atoms with E-state index in [4.69, 9.17) is 0 Å². The summed E-state index contributed by atoms with van der Waals surface area (Å²) in [7, 11) is 2.06. The normalized spacial score (nSPS) is 17.1. The number of hydrogen-bond acceptors (Lipinski definition) is 2. The maximum absolute atomic E-state index is 13.0. The third kappa shape index (κ3) is 2.38. The van der Waals surface area contributed by atoms with Gasteiger partial charge in [0.1, 0.15) is 5.82 Å². The summed E-state index contributed by atoms with van der Waals surface area (Å²) in [5.74, 6) is 1.30. The SMILES string of the molecule is Cc1nccn1CC1CCc2c(c3ccccc3n2C)C1=O.[Cl-]. The summed E-state index contributed by atoms with van der Waals surface area (Å²) in [4.78, 5) is 17.3.